The van der Waals surface area contributed by atoms with Gasteiger partial charge in [0.05, 0.1) is 38.4 Å². The van der Waals surface area contributed by atoms with Gasteiger partial charge in [-0.05, 0) is 25.5 Å². The van der Waals surface area contributed by atoms with Crippen LogP contribution in [0.15, 0.2) is 18.2 Å². The number of methoxy groups -OCH3 is 1. The number of nitriles is 1. The number of carbonyl (C=O) groups is 2. The Kier molecular flexibility index (Phi) is 6.54. The van der Waals surface area contributed by atoms with Crippen LogP contribution in [0.3, 0.4) is 0 Å². The van der Waals surface area contributed by atoms with Crippen molar-refractivity contribution in [2.75, 3.05) is 20.3 Å². The smallest absolute Gasteiger partial charge is 0.355 e. The van der Waals surface area contributed by atoms with Crippen LogP contribution in [0.1, 0.15) is 25.0 Å². The molecular weight excluding hydrogens is 302 g/mol. The van der Waals surface area contributed by atoms with E-state index in [0.717, 1.165) is 0 Å². The van der Waals surface area contributed by atoms with Gasteiger partial charge < -0.3 is 19.3 Å². The minimum atomic E-state index is -2.70. The Balaban J connectivity index is 3.63. The molecule has 0 aromatic heterocycles. The minimum Gasteiger partial charge on any atom is -0.496 e. The fourth-order valence-corrected chi connectivity index (χ4v) is 2.15. The number of nitrogens with zero attached hydrogens (tertiary/aromatic N) is 1. The summed E-state index contributed by atoms with van der Waals surface area (Å²) in [6.45, 7) is 3.01. The normalized spacial score (nSPS) is 10.6. The molecule has 1 aromatic rings. The maximum atomic E-state index is 12.3. The van der Waals surface area contributed by atoms with Crippen molar-refractivity contribution in [3.05, 3.63) is 29.3 Å². The summed E-state index contributed by atoms with van der Waals surface area (Å²) in [5, 5.41) is 19.8. The van der Waals surface area contributed by atoms with Crippen molar-refractivity contribution in [1.82, 2.24) is 0 Å². The molecule has 0 bridgehead atoms. The highest BCUT2D eigenvalue weighted by atomic mass is 16.6. The largest absolute Gasteiger partial charge is 0.496 e. The molecule has 0 radical (unpaired) electrons. The molecule has 0 saturated carbocycles. The van der Waals surface area contributed by atoms with E-state index in [0.29, 0.717) is 0 Å². The second-order valence-electron chi connectivity index (χ2n) is 4.48. The first kappa shape index (κ1) is 18.5. The van der Waals surface area contributed by atoms with Gasteiger partial charge in [0.25, 0.3) is 5.60 Å². The summed E-state index contributed by atoms with van der Waals surface area (Å²) in [5.41, 5.74) is -2.57. The lowest BCUT2D eigenvalue weighted by molar-refractivity contribution is -0.185. The monoisotopic (exact) mass is 321 g/mol. The fourth-order valence-electron chi connectivity index (χ4n) is 2.15. The Hall–Kier alpha value is -2.59. The number of hydrogen-bond donors (Lipinski definition) is 1. The Morgan fingerprint density at radius 1 is 1.22 bits per heavy atom. The van der Waals surface area contributed by atoms with Gasteiger partial charge in [-0.3, -0.25) is 0 Å². The van der Waals surface area contributed by atoms with Crippen LogP contribution in [0.4, 0.5) is 0 Å². The first-order valence-corrected chi connectivity index (χ1v) is 7.07. The third-order valence-corrected chi connectivity index (χ3v) is 3.11. The summed E-state index contributed by atoms with van der Waals surface area (Å²) in [7, 11) is 1.33. The van der Waals surface area contributed by atoms with Crippen LogP contribution in [0, 0.1) is 11.3 Å². The van der Waals surface area contributed by atoms with Gasteiger partial charge >= 0.3 is 11.9 Å². The van der Waals surface area contributed by atoms with Gasteiger partial charge in [-0.15, -0.1) is 0 Å². The Bertz CT molecular complexity index is 601. The number of rotatable bonds is 7. The zero-order valence-electron chi connectivity index (χ0n) is 13.3. The van der Waals surface area contributed by atoms with Gasteiger partial charge in [0.1, 0.15) is 5.75 Å². The lowest BCUT2D eigenvalue weighted by Crippen LogP contribution is -2.47. The van der Waals surface area contributed by atoms with E-state index in [1.165, 1.54) is 19.2 Å². The number of carbonyl (C=O) groups excluding carboxylic acids is 2. The Morgan fingerprint density at radius 3 is 2.22 bits per heavy atom. The fraction of sp³-hybridized carbons (Fsp3) is 0.438. The van der Waals surface area contributed by atoms with Crippen molar-refractivity contribution in [2.24, 2.45) is 0 Å². The number of aliphatic hydroxyl groups is 1. The lowest BCUT2D eigenvalue weighted by atomic mass is 9.87. The maximum absolute atomic E-state index is 12.3. The molecule has 0 fully saturated rings. The Morgan fingerprint density at radius 2 is 1.78 bits per heavy atom. The number of hydrogen-bond acceptors (Lipinski definition) is 7. The second-order valence-corrected chi connectivity index (χ2v) is 4.48. The van der Waals surface area contributed by atoms with Crippen LogP contribution < -0.4 is 4.74 Å². The second kappa shape index (κ2) is 8.15. The van der Waals surface area contributed by atoms with Crippen LogP contribution in [0.2, 0.25) is 0 Å². The minimum absolute atomic E-state index is 0.0384. The van der Waals surface area contributed by atoms with E-state index in [9.17, 15) is 14.7 Å². The molecule has 0 atom stereocenters. The molecule has 7 nitrogen and oxygen atoms in total. The molecule has 124 valence electrons. The molecule has 1 aromatic carbocycles. The summed E-state index contributed by atoms with van der Waals surface area (Å²) < 4.78 is 14.8. The van der Waals surface area contributed by atoms with Crippen molar-refractivity contribution in [3.63, 3.8) is 0 Å². The van der Waals surface area contributed by atoms with Gasteiger partial charge in [-0.25, -0.2) is 9.59 Å². The quantitative estimate of drug-likeness (QED) is 0.591. The molecule has 23 heavy (non-hydrogen) atoms. The zero-order valence-corrected chi connectivity index (χ0v) is 13.3. The topological polar surface area (TPSA) is 106 Å². The van der Waals surface area contributed by atoms with Crippen molar-refractivity contribution in [2.45, 2.75) is 25.9 Å². The lowest BCUT2D eigenvalue weighted by Gasteiger charge is -2.27. The van der Waals surface area contributed by atoms with E-state index in [1.54, 1.807) is 19.9 Å². The van der Waals surface area contributed by atoms with Gasteiger partial charge in [0.2, 0.25) is 0 Å². The maximum Gasteiger partial charge on any atom is 0.355 e. The standard InChI is InChI=1S/C16H19NO6/c1-4-22-14(18)16(20,15(19)23-5-2)13-11(9-10-17)7-6-8-12(13)21-3/h6-8,20H,4-5,9H2,1-3H3. The molecule has 0 spiro atoms. The molecule has 0 aliphatic rings. The number of benzene rings is 1. The molecule has 0 aliphatic heterocycles. The van der Waals surface area contributed by atoms with Gasteiger partial charge in [0, 0.05) is 0 Å². The highest BCUT2D eigenvalue weighted by molar-refractivity contribution is 6.05. The van der Waals surface area contributed by atoms with Crippen LogP contribution in [-0.4, -0.2) is 37.4 Å². The molecule has 0 heterocycles. The van der Waals surface area contributed by atoms with Crippen molar-refractivity contribution in [3.8, 4) is 11.8 Å². The molecule has 7 heteroatoms. The highest BCUT2D eigenvalue weighted by Crippen LogP contribution is 2.36. The van der Waals surface area contributed by atoms with E-state index in [2.05, 4.69) is 0 Å². The average molecular weight is 321 g/mol. The summed E-state index contributed by atoms with van der Waals surface area (Å²) in [6, 6.07) is 6.50. The highest BCUT2D eigenvalue weighted by Gasteiger charge is 2.52. The third kappa shape index (κ3) is 3.60. The van der Waals surface area contributed by atoms with E-state index in [4.69, 9.17) is 19.5 Å². The molecular formula is C16H19NO6. The van der Waals surface area contributed by atoms with Crippen LogP contribution in [0.5, 0.6) is 5.75 Å². The van der Waals surface area contributed by atoms with Gasteiger partial charge in [0.15, 0.2) is 0 Å². The summed E-state index contributed by atoms with van der Waals surface area (Å²) in [4.78, 5) is 24.6. The first-order valence-electron chi connectivity index (χ1n) is 7.07. The van der Waals surface area contributed by atoms with E-state index < -0.39 is 17.5 Å². The first-order chi connectivity index (χ1) is 11.0. The number of esters is 2. The summed E-state index contributed by atoms with van der Waals surface area (Å²) in [5.74, 6) is -2.27. The van der Waals surface area contributed by atoms with Crippen LogP contribution in [-0.2, 0) is 31.1 Å². The SMILES string of the molecule is CCOC(=O)C(O)(C(=O)OCC)c1c(CC#N)cccc1OC. The van der Waals surface area contributed by atoms with Crippen molar-refractivity contribution in [1.29, 1.82) is 5.26 Å². The molecule has 0 unspecified atom stereocenters. The van der Waals surface area contributed by atoms with E-state index >= 15 is 0 Å². The predicted octanol–water partition coefficient (Wildman–Crippen LogP) is 1.08. The Labute approximate surface area is 134 Å². The van der Waals surface area contributed by atoms with Gasteiger partial charge in [-0.1, -0.05) is 12.1 Å². The molecule has 1 N–H and O–H groups in total. The predicted molar refractivity (Wildman–Crippen MR) is 79.5 cm³/mol. The summed E-state index contributed by atoms with van der Waals surface area (Å²) in [6.07, 6.45) is -0.131. The molecule has 1 rings (SSSR count). The van der Waals surface area contributed by atoms with Gasteiger partial charge in [-0.2, -0.15) is 5.26 Å². The third-order valence-electron chi connectivity index (χ3n) is 3.11. The van der Waals surface area contributed by atoms with Crippen LogP contribution in [0.25, 0.3) is 0 Å². The van der Waals surface area contributed by atoms with Crippen molar-refractivity contribution >= 4 is 11.9 Å². The van der Waals surface area contributed by atoms with Crippen molar-refractivity contribution < 1.29 is 28.9 Å². The average Bonchev–Trinajstić information content (AvgIpc) is 2.54. The molecule has 0 aliphatic carbocycles. The number of ether oxygens (including phenoxy) is 3. The van der Waals surface area contributed by atoms with Crippen LogP contribution >= 0.6 is 0 Å². The molecule has 0 amide bonds. The summed E-state index contributed by atoms with van der Waals surface area (Å²) >= 11 is 0. The zero-order chi connectivity index (χ0) is 17.5. The molecule has 0 saturated heterocycles. The van der Waals surface area contributed by atoms with E-state index in [-0.39, 0.29) is 36.5 Å². The van der Waals surface area contributed by atoms with E-state index in [1.807, 2.05) is 6.07 Å².